The lowest BCUT2D eigenvalue weighted by atomic mass is 10.2. The molecule has 2 aromatic rings. The number of hydrogen-bond acceptors (Lipinski definition) is 7. The van der Waals surface area contributed by atoms with Crippen molar-refractivity contribution in [2.24, 2.45) is 5.10 Å². The molecule has 2 amide bonds. The zero-order valence-electron chi connectivity index (χ0n) is 14.5. The van der Waals surface area contributed by atoms with E-state index < -0.39 is 28.2 Å². The maximum absolute atomic E-state index is 11.9. The van der Waals surface area contributed by atoms with E-state index in [1.54, 1.807) is 25.1 Å². The van der Waals surface area contributed by atoms with Crippen molar-refractivity contribution in [3.63, 3.8) is 0 Å². The predicted octanol–water partition coefficient (Wildman–Crippen LogP) is 1.81. The number of nitro groups is 1. The summed E-state index contributed by atoms with van der Waals surface area (Å²) in [5, 5.41) is 29.1. The normalized spacial score (nSPS) is 10.5. The fourth-order valence-electron chi connectivity index (χ4n) is 2.05. The second kappa shape index (κ2) is 9.33. The number of nitrogens with one attached hydrogen (secondary N) is 2. The molecule has 0 unspecified atom stereocenters. The molecule has 0 saturated carbocycles. The van der Waals surface area contributed by atoms with Crippen molar-refractivity contribution in [1.29, 1.82) is 0 Å². The SMILES string of the molecule is CCOc1cc(/C=N\NC(=O)C(=O)Nc2cccc(Cl)c2)cc([N+](=O)[O-])c1[O-]. The van der Waals surface area contributed by atoms with E-state index in [1.165, 1.54) is 12.1 Å². The summed E-state index contributed by atoms with van der Waals surface area (Å²) < 4.78 is 5.07. The summed E-state index contributed by atoms with van der Waals surface area (Å²) >= 11 is 5.78. The standard InChI is InChI=1S/C17H15ClN4O6/c1-2-28-14-7-10(6-13(15(14)23)22(26)27)9-19-21-17(25)16(24)20-12-5-3-4-11(18)8-12/h3-9,23H,2H2,1H3,(H,20,24)(H,21,25)/p-1/b19-9-. The monoisotopic (exact) mass is 405 g/mol. The number of rotatable bonds is 6. The molecule has 0 aliphatic heterocycles. The zero-order valence-corrected chi connectivity index (χ0v) is 15.2. The van der Waals surface area contributed by atoms with Crippen LogP contribution in [0.2, 0.25) is 5.02 Å². The highest BCUT2D eigenvalue weighted by Crippen LogP contribution is 2.34. The van der Waals surface area contributed by atoms with E-state index in [-0.39, 0.29) is 17.9 Å². The summed E-state index contributed by atoms with van der Waals surface area (Å²) in [4.78, 5) is 33.7. The second-order valence-electron chi connectivity index (χ2n) is 5.22. The molecular weight excluding hydrogens is 392 g/mol. The van der Waals surface area contributed by atoms with Gasteiger partial charge in [0.05, 0.1) is 17.7 Å². The van der Waals surface area contributed by atoms with E-state index in [1.807, 2.05) is 5.43 Å². The minimum absolute atomic E-state index is 0.130. The number of anilines is 1. The third kappa shape index (κ3) is 5.42. The van der Waals surface area contributed by atoms with Gasteiger partial charge in [-0.15, -0.1) is 0 Å². The Labute approximate surface area is 163 Å². The highest BCUT2D eigenvalue weighted by atomic mass is 35.5. The van der Waals surface area contributed by atoms with Gasteiger partial charge in [-0.2, -0.15) is 5.10 Å². The van der Waals surface area contributed by atoms with Crippen LogP contribution in [0.5, 0.6) is 11.5 Å². The Morgan fingerprint density at radius 2 is 2.04 bits per heavy atom. The van der Waals surface area contributed by atoms with Gasteiger partial charge in [0.2, 0.25) is 0 Å². The Morgan fingerprint density at radius 1 is 1.29 bits per heavy atom. The molecule has 0 atom stereocenters. The topological polar surface area (TPSA) is 146 Å². The highest BCUT2D eigenvalue weighted by molar-refractivity contribution is 6.39. The van der Waals surface area contributed by atoms with Crippen molar-refractivity contribution in [3.8, 4) is 11.5 Å². The molecule has 0 bridgehead atoms. The first-order valence-electron chi connectivity index (χ1n) is 7.84. The average molecular weight is 406 g/mol. The fraction of sp³-hybridized carbons (Fsp3) is 0.118. The molecule has 2 aromatic carbocycles. The van der Waals surface area contributed by atoms with E-state index in [0.717, 1.165) is 12.3 Å². The van der Waals surface area contributed by atoms with Crippen LogP contribution >= 0.6 is 11.6 Å². The van der Waals surface area contributed by atoms with Gasteiger partial charge < -0.3 is 15.2 Å². The summed E-state index contributed by atoms with van der Waals surface area (Å²) in [5.74, 6) is -3.15. The number of carbonyl (C=O) groups excluding carboxylic acids is 2. The third-order valence-corrected chi connectivity index (χ3v) is 3.46. The molecular formula is C17H14ClN4O6-. The zero-order chi connectivity index (χ0) is 20.7. The molecule has 28 heavy (non-hydrogen) atoms. The van der Waals surface area contributed by atoms with Gasteiger partial charge in [-0.3, -0.25) is 19.7 Å². The van der Waals surface area contributed by atoms with Crippen molar-refractivity contribution < 1.29 is 24.4 Å². The van der Waals surface area contributed by atoms with E-state index in [4.69, 9.17) is 16.3 Å². The third-order valence-electron chi connectivity index (χ3n) is 3.22. The van der Waals surface area contributed by atoms with Gasteiger partial charge in [0.25, 0.3) is 5.69 Å². The number of nitrogens with zero attached hydrogens (tertiary/aromatic N) is 2. The molecule has 0 radical (unpaired) electrons. The van der Waals surface area contributed by atoms with Crippen LogP contribution in [-0.2, 0) is 9.59 Å². The van der Waals surface area contributed by atoms with Gasteiger partial charge in [-0.25, -0.2) is 5.43 Å². The Bertz CT molecular complexity index is 947. The van der Waals surface area contributed by atoms with Gasteiger partial charge >= 0.3 is 11.8 Å². The molecule has 0 fully saturated rings. The quantitative estimate of drug-likeness (QED) is 0.324. The van der Waals surface area contributed by atoms with Crippen molar-refractivity contribution in [1.82, 2.24) is 5.43 Å². The van der Waals surface area contributed by atoms with Crippen molar-refractivity contribution in [2.45, 2.75) is 6.92 Å². The molecule has 0 spiro atoms. The Kier molecular flexibility index (Phi) is 6.88. The lowest BCUT2D eigenvalue weighted by molar-refractivity contribution is -0.398. The van der Waals surface area contributed by atoms with Gasteiger partial charge in [-0.05, 0) is 31.2 Å². The van der Waals surface area contributed by atoms with Crippen molar-refractivity contribution in [3.05, 3.63) is 57.1 Å². The van der Waals surface area contributed by atoms with E-state index in [9.17, 15) is 24.8 Å². The number of hydrazone groups is 1. The van der Waals surface area contributed by atoms with Crippen LogP contribution in [0.15, 0.2) is 41.5 Å². The Hall–Kier alpha value is -3.66. The van der Waals surface area contributed by atoms with Crippen LogP contribution in [0, 0.1) is 10.1 Å². The van der Waals surface area contributed by atoms with Crippen LogP contribution in [-0.4, -0.2) is 29.6 Å². The number of benzene rings is 2. The van der Waals surface area contributed by atoms with Crippen LogP contribution in [0.1, 0.15) is 12.5 Å². The lowest BCUT2D eigenvalue weighted by Gasteiger charge is -2.14. The second-order valence-corrected chi connectivity index (χ2v) is 5.66. The minimum Gasteiger partial charge on any atom is -0.865 e. The number of hydrogen-bond donors (Lipinski definition) is 2. The molecule has 10 nitrogen and oxygen atoms in total. The molecule has 0 aliphatic rings. The maximum atomic E-state index is 11.9. The summed E-state index contributed by atoms with van der Waals surface area (Å²) in [5.41, 5.74) is 1.73. The van der Waals surface area contributed by atoms with Gasteiger partial charge in [0, 0.05) is 28.1 Å². The molecule has 0 aliphatic carbocycles. The first-order valence-corrected chi connectivity index (χ1v) is 8.21. The molecule has 146 valence electrons. The van der Waals surface area contributed by atoms with Crippen molar-refractivity contribution in [2.75, 3.05) is 11.9 Å². The molecule has 0 saturated heterocycles. The lowest BCUT2D eigenvalue weighted by Crippen LogP contribution is -2.32. The van der Waals surface area contributed by atoms with E-state index in [0.29, 0.717) is 10.7 Å². The number of ether oxygens (including phenoxy) is 1. The average Bonchev–Trinajstić information content (AvgIpc) is 2.63. The molecule has 2 N–H and O–H groups in total. The fourth-order valence-corrected chi connectivity index (χ4v) is 2.24. The summed E-state index contributed by atoms with van der Waals surface area (Å²) in [6, 6.07) is 8.40. The summed E-state index contributed by atoms with van der Waals surface area (Å²) in [6.07, 6.45) is 1.04. The van der Waals surface area contributed by atoms with Crippen LogP contribution in [0.4, 0.5) is 11.4 Å². The smallest absolute Gasteiger partial charge is 0.329 e. The highest BCUT2D eigenvalue weighted by Gasteiger charge is 2.15. The first-order chi connectivity index (χ1) is 13.3. The number of halogens is 1. The van der Waals surface area contributed by atoms with Crippen LogP contribution < -0.4 is 20.6 Å². The number of nitro benzene ring substituents is 1. The first kappa shape index (κ1) is 20.6. The molecule has 11 heteroatoms. The van der Waals surface area contributed by atoms with Crippen LogP contribution in [0.3, 0.4) is 0 Å². The largest absolute Gasteiger partial charge is 0.865 e. The van der Waals surface area contributed by atoms with Gasteiger partial charge in [-0.1, -0.05) is 17.7 Å². The summed E-state index contributed by atoms with van der Waals surface area (Å²) in [7, 11) is 0. The minimum atomic E-state index is -1.07. The van der Waals surface area contributed by atoms with E-state index in [2.05, 4.69) is 10.4 Å². The molecule has 2 rings (SSSR count). The summed E-state index contributed by atoms with van der Waals surface area (Å²) in [6.45, 7) is 1.75. The number of carbonyl (C=O) groups is 2. The maximum Gasteiger partial charge on any atom is 0.329 e. The number of amides is 2. The Morgan fingerprint density at radius 3 is 2.68 bits per heavy atom. The van der Waals surface area contributed by atoms with Crippen molar-refractivity contribution >= 4 is 41.0 Å². The van der Waals surface area contributed by atoms with Crippen LogP contribution in [0.25, 0.3) is 0 Å². The molecule has 0 heterocycles. The Balaban J connectivity index is 2.07. The van der Waals surface area contributed by atoms with E-state index >= 15 is 0 Å². The predicted molar refractivity (Wildman–Crippen MR) is 99.5 cm³/mol. The van der Waals surface area contributed by atoms with Gasteiger partial charge in [0.1, 0.15) is 5.75 Å². The molecule has 0 aromatic heterocycles. The van der Waals surface area contributed by atoms with Gasteiger partial charge in [0.15, 0.2) is 0 Å².